The van der Waals surface area contributed by atoms with Gasteiger partial charge in [0, 0.05) is 25.6 Å². The lowest BCUT2D eigenvalue weighted by Gasteiger charge is -2.36. The fourth-order valence-electron chi connectivity index (χ4n) is 2.75. The summed E-state index contributed by atoms with van der Waals surface area (Å²) in [5, 5.41) is 20.0. The number of piperidine rings is 1. The number of aromatic nitrogens is 1. The second-order valence-electron chi connectivity index (χ2n) is 5.92. The van der Waals surface area contributed by atoms with Gasteiger partial charge in [-0.3, -0.25) is 4.98 Å². The molecule has 4 nitrogen and oxygen atoms in total. The maximum absolute atomic E-state index is 12.8. The highest BCUT2D eigenvalue weighted by Gasteiger charge is 2.27. The zero-order chi connectivity index (χ0) is 14.7. The minimum atomic E-state index is -0.697. The van der Waals surface area contributed by atoms with E-state index in [1.165, 1.54) is 12.1 Å². The highest BCUT2D eigenvalue weighted by atomic mass is 19.1. The largest absolute Gasteiger partial charge is 0.393 e. The van der Waals surface area contributed by atoms with Gasteiger partial charge >= 0.3 is 0 Å². The zero-order valence-corrected chi connectivity index (χ0v) is 12.0. The number of aliphatic hydroxyl groups excluding tert-OH is 2. The van der Waals surface area contributed by atoms with Crippen molar-refractivity contribution in [1.82, 2.24) is 9.88 Å². The molecule has 5 heteroatoms. The normalized spacial score (nSPS) is 27.2. The maximum Gasteiger partial charge on any atom is 0.141 e. The molecule has 1 aromatic rings. The molecular weight excluding hydrogens is 259 g/mol. The summed E-state index contributed by atoms with van der Waals surface area (Å²) in [4.78, 5) is 6.19. The van der Waals surface area contributed by atoms with E-state index in [4.69, 9.17) is 0 Å². The van der Waals surface area contributed by atoms with Crippen LogP contribution in [0.4, 0.5) is 4.39 Å². The highest BCUT2D eigenvalue weighted by Crippen LogP contribution is 2.24. The number of halogens is 1. The molecule has 2 heterocycles. The van der Waals surface area contributed by atoms with Gasteiger partial charge in [0.25, 0.3) is 0 Å². The van der Waals surface area contributed by atoms with Crippen molar-refractivity contribution in [2.75, 3.05) is 19.6 Å². The number of rotatable bonds is 4. The van der Waals surface area contributed by atoms with Gasteiger partial charge in [0.15, 0.2) is 0 Å². The van der Waals surface area contributed by atoms with Gasteiger partial charge in [-0.1, -0.05) is 13.8 Å². The molecule has 0 radical (unpaired) electrons. The van der Waals surface area contributed by atoms with Crippen LogP contribution in [-0.4, -0.2) is 45.8 Å². The number of nitrogens with zero attached hydrogens (tertiary/aromatic N) is 2. The summed E-state index contributed by atoms with van der Waals surface area (Å²) in [6.07, 6.45) is 0.992. The van der Waals surface area contributed by atoms with Gasteiger partial charge in [-0.15, -0.1) is 0 Å². The average molecular weight is 282 g/mol. The van der Waals surface area contributed by atoms with E-state index in [0.29, 0.717) is 5.69 Å². The molecule has 0 spiro atoms. The number of hydrogen-bond acceptors (Lipinski definition) is 4. The number of pyridine rings is 1. The van der Waals surface area contributed by atoms with Crippen molar-refractivity contribution < 1.29 is 14.6 Å². The lowest BCUT2D eigenvalue weighted by atomic mass is 9.94. The fraction of sp³-hybridized carbons (Fsp3) is 0.667. The van der Waals surface area contributed by atoms with Crippen molar-refractivity contribution in [3.05, 3.63) is 29.8 Å². The smallest absolute Gasteiger partial charge is 0.141 e. The van der Waals surface area contributed by atoms with Gasteiger partial charge in [0.2, 0.25) is 0 Å². The first kappa shape index (κ1) is 15.4. The molecule has 4 unspecified atom stereocenters. The first-order valence-corrected chi connectivity index (χ1v) is 7.17. The van der Waals surface area contributed by atoms with Gasteiger partial charge in [0.05, 0.1) is 24.1 Å². The summed E-state index contributed by atoms with van der Waals surface area (Å²) in [7, 11) is 0. The van der Waals surface area contributed by atoms with E-state index in [2.05, 4.69) is 9.88 Å². The predicted molar refractivity (Wildman–Crippen MR) is 74.5 cm³/mol. The summed E-state index contributed by atoms with van der Waals surface area (Å²) < 4.78 is 12.8. The number of aliphatic hydroxyl groups is 2. The van der Waals surface area contributed by atoms with Crippen LogP contribution < -0.4 is 0 Å². The van der Waals surface area contributed by atoms with Crippen LogP contribution in [0.2, 0.25) is 0 Å². The van der Waals surface area contributed by atoms with E-state index >= 15 is 0 Å². The molecule has 0 bridgehead atoms. The summed E-state index contributed by atoms with van der Waals surface area (Å²) in [6.45, 7) is 6.44. The molecule has 1 aliphatic heterocycles. The van der Waals surface area contributed by atoms with Crippen molar-refractivity contribution in [2.45, 2.75) is 32.5 Å². The van der Waals surface area contributed by atoms with Crippen LogP contribution in [0.5, 0.6) is 0 Å². The van der Waals surface area contributed by atoms with Gasteiger partial charge in [-0.05, 0) is 24.5 Å². The van der Waals surface area contributed by atoms with E-state index in [1.807, 2.05) is 13.8 Å². The van der Waals surface area contributed by atoms with Gasteiger partial charge in [-0.25, -0.2) is 4.39 Å². The third kappa shape index (κ3) is 3.75. The van der Waals surface area contributed by atoms with Crippen LogP contribution >= 0.6 is 0 Å². The monoisotopic (exact) mass is 282 g/mol. The van der Waals surface area contributed by atoms with Gasteiger partial charge in [0.1, 0.15) is 5.82 Å². The van der Waals surface area contributed by atoms with E-state index in [-0.39, 0.29) is 17.9 Å². The first-order valence-electron chi connectivity index (χ1n) is 7.17. The molecule has 4 atom stereocenters. The number of likely N-dealkylation sites (tertiary alicyclic amines) is 1. The molecule has 0 aliphatic carbocycles. The first-order chi connectivity index (χ1) is 9.47. The minimum Gasteiger partial charge on any atom is -0.393 e. The zero-order valence-electron chi connectivity index (χ0n) is 12.0. The SMILES string of the molecule is CC1CN(CC(C)C(O)c2ccc(F)cn2)CCC1O. The molecule has 0 aromatic carbocycles. The highest BCUT2D eigenvalue weighted by molar-refractivity contribution is 5.09. The predicted octanol–water partition coefficient (Wildman–Crippen LogP) is 1.59. The molecule has 1 aliphatic rings. The molecule has 0 saturated carbocycles. The Hall–Kier alpha value is -1.04. The third-order valence-corrected chi connectivity index (χ3v) is 4.08. The van der Waals surface area contributed by atoms with Crippen LogP contribution in [0.3, 0.4) is 0 Å². The Morgan fingerprint density at radius 2 is 2.25 bits per heavy atom. The van der Waals surface area contributed by atoms with E-state index in [0.717, 1.165) is 32.3 Å². The van der Waals surface area contributed by atoms with Crippen molar-refractivity contribution >= 4 is 0 Å². The van der Waals surface area contributed by atoms with E-state index in [1.54, 1.807) is 0 Å². The van der Waals surface area contributed by atoms with Crippen molar-refractivity contribution in [2.24, 2.45) is 11.8 Å². The number of hydrogen-bond donors (Lipinski definition) is 2. The van der Waals surface area contributed by atoms with Gasteiger partial charge in [-0.2, -0.15) is 0 Å². The van der Waals surface area contributed by atoms with Crippen molar-refractivity contribution in [1.29, 1.82) is 0 Å². The molecule has 2 rings (SSSR count). The second-order valence-corrected chi connectivity index (χ2v) is 5.92. The lowest BCUT2D eigenvalue weighted by molar-refractivity contribution is 0.0151. The Labute approximate surface area is 119 Å². The van der Waals surface area contributed by atoms with Crippen LogP contribution in [0.1, 0.15) is 32.1 Å². The van der Waals surface area contributed by atoms with Crippen molar-refractivity contribution in [3.63, 3.8) is 0 Å². The van der Waals surface area contributed by atoms with Crippen molar-refractivity contribution in [3.8, 4) is 0 Å². The molecule has 1 saturated heterocycles. The third-order valence-electron chi connectivity index (χ3n) is 4.08. The molecule has 1 fully saturated rings. The van der Waals surface area contributed by atoms with Crippen LogP contribution in [0, 0.1) is 17.7 Å². The fourth-order valence-corrected chi connectivity index (χ4v) is 2.75. The van der Waals surface area contributed by atoms with Crippen LogP contribution in [0.25, 0.3) is 0 Å². The Morgan fingerprint density at radius 3 is 2.85 bits per heavy atom. The Morgan fingerprint density at radius 1 is 1.50 bits per heavy atom. The molecule has 20 heavy (non-hydrogen) atoms. The summed E-state index contributed by atoms with van der Waals surface area (Å²) in [5.41, 5.74) is 0.504. The molecule has 0 amide bonds. The van der Waals surface area contributed by atoms with E-state index in [9.17, 15) is 14.6 Å². The minimum absolute atomic E-state index is 0.00963. The standard InChI is InChI=1S/C15H23FN2O2/c1-10-8-18(6-5-14(10)19)9-11(2)15(20)13-4-3-12(16)7-17-13/h3-4,7,10-11,14-15,19-20H,5-6,8-9H2,1-2H3. The molecule has 112 valence electrons. The molecule has 1 aromatic heterocycles. The Kier molecular flexibility index (Phi) is 5.07. The summed E-state index contributed by atoms with van der Waals surface area (Å²) in [5.74, 6) is -0.125. The summed E-state index contributed by atoms with van der Waals surface area (Å²) >= 11 is 0. The summed E-state index contributed by atoms with van der Waals surface area (Å²) in [6, 6.07) is 2.84. The molecular formula is C15H23FN2O2. The Balaban J connectivity index is 1.91. The second kappa shape index (κ2) is 6.61. The Bertz CT molecular complexity index is 426. The lowest BCUT2D eigenvalue weighted by Crippen LogP contribution is -2.44. The van der Waals surface area contributed by atoms with Gasteiger partial charge < -0.3 is 15.1 Å². The maximum atomic E-state index is 12.8. The van der Waals surface area contributed by atoms with E-state index < -0.39 is 11.9 Å². The quantitative estimate of drug-likeness (QED) is 0.880. The van der Waals surface area contributed by atoms with Crippen LogP contribution in [-0.2, 0) is 0 Å². The molecule has 2 N–H and O–H groups in total. The average Bonchev–Trinajstić information content (AvgIpc) is 2.43. The van der Waals surface area contributed by atoms with Crippen LogP contribution in [0.15, 0.2) is 18.3 Å². The topological polar surface area (TPSA) is 56.6 Å².